The van der Waals surface area contributed by atoms with Gasteiger partial charge in [0.1, 0.15) is 31.3 Å². The van der Waals surface area contributed by atoms with Crippen LogP contribution in [0, 0.1) is 17.3 Å². The Morgan fingerprint density at radius 2 is 1.83 bits per heavy atom. The lowest BCUT2D eigenvalue weighted by Gasteiger charge is -2.43. The number of benzene rings is 2. The Bertz CT molecular complexity index is 1230. The highest BCUT2D eigenvalue weighted by atomic mass is 19.3. The van der Waals surface area contributed by atoms with E-state index in [1.54, 1.807) is 11.0 Å². The van der Waals surface area contributed by atoms with E-state index in [1.807, 2.05) is 30.3 Å². The Hall–Kier alpha value is -3.67. The number of hydrogen-bond acceptors (Lipinski definition) is 7. The molecule has 2 aromatic carbocycles. The van der Waals surface area contributed by atoms with Crippen molar-refractivity contribution in [2.45, 2.75) is 51.9 Å². The smallest absolute Gasteiger partial charge is 0.461 e. The lowest BCUT2D eigenvalue weighted by molar-refractivity contribution is -0.253. The molecular formula is C29H34F4N4O4. The SMILES string of the molecule is CON=C1[C@@H](Cn2cncn2)[C@H](COc2ccc(OC(F)(F)C(F)F)cc2)CC[C@@]1(C)CCOCc1ccccc1. The van der Waals surface area contributed by atoms with E-state index in [2.05, 4.69) is 26.9 Å². The number of ether oxygens (including phenoxy) is 3. The summed E-state index contributed by atoms with van der Waals surface area (Å²) >= 11 is 0. The van der Waals surface area contributed by atoms with Crippen molar-refractivity contribution in [2.24, 2.45) is 22.4 Å². The van der Waals surface area contributed by atoms with Gasteiger partial charge in [0.05, 0.1) is 25.5 Å². The van der Waals surface area contributed by atoms with Gasteiger partial charge in [-0.2, -0.15) is 22.7 Å². The molecule has 1 saturated carbocycles. The van der Waals surface area contributed by atoms with Crippen molar-refractivity contribution >= 4 is 5.71 Å². The molecular weight excluding hydrogens is 544 g/mol. The highest BCUT2D eigenvalue weighted by Gasteiger charge is 2.45. The van der Waals surface area contributed by atoms with Crippen LogP contribution in [0.3, 0.4) is 0 Å². The van der Waals surface area contributed by atoms with Gasteiger partial charge in [-0.3, -0.25) is 4.68 Å². The van der Waals surface area contributed by atoms with E-state index >= 15 is 0 Å². The summed E-state index contributed by atoms with van der Waals surface area (Å²) in [6.45, 7) is 4.04. The molecule has 0 spiro atoms. The van der Waals surface area contributed by atoms with Crippen molar-refractivity contribution in [1.82, 2.24) is 14.8 Å². The standard InChI is InChI=1S/C29H34F4N4O4/c1-28(14-15-39-17-21-6-4-3-5-7-21)13-12-22(25(26(28)36-38-2)16-37-20-34-19-35-37)18-40-23-8-10-24(11-9-23)41-29(32,33)27(30)31/h3-11,19-20,22,25,27H,12-18H2,1-2H3/t22-,25-,28-/m0/s1. The molecule has 1 heterocycles. The van der Waals surface area contributed by atoms with E-state index in [-0.39, 0.29) is 23.0 Å². The summed E-state index contributed by atoms with van der Waals surface area (Å²) < 4.78 is 69.2. The topological polar surface area (TPSA) is 80.0 Å². The third-order valence-electron chi connectivity index (χ3n) is 7.35. The average molecular weight is 579 g/mol. The maximum absolute atomic E-state index is 13.2. The fourth-order valence-electron chi connectivity index (χ4n) is 5.07. The number of hydrogen-bond donors (Lipinski definition) is 0. The Labute approximate surface area is 236 Å². The van der Waals surface area contributed by atoms with Crippen LogP contribution in [0.25, 0.3) is 0 Å². The number of nitrogens with zero attached hydrogens (tertiary/aromatic N) is 4. The second kappa shape index (κ2) is 13.8. The highest BCUT2D eigenvalue weighted by Crippen LogP contribution is 2.43. The third-order valence-corrected chi connectivity index (χ3v) is 7.35. The summed E-state index contributed by atoms with van der Waals surface area (Å²) in [6, 6.07) is 15.1. The molecule has 0 amide bonds. The van der Waals surface area contributed by atoms with Crippen LogP contribution in [0.5, 0.6) is 11.5 Å². The van der Waals surface area contributed by atoms with Crippen molar-refractivity contribution in [2.75, 3.05) is 20.3 Å². The van der Waals surface area contributed by atoms with Crippen LogP contribution in [-0.2, 0) is 22.7 Å². The number of halogens is 4. The second-order valence-electron chi connectivity index (χ2n) is 10.3. The molecule has 41 heavy (non-hydrogen) atoms. The minimum Gasteiger partial charge on any atom is -0.493 e. The van der Waals surface area contributed by atoms with Crippen LogP contribution in [0.4, 0.5) is 17.6 Å². The molecule has 1 aliphatic rings. The van der Waals surface area contributed by atoms with Gasteiger partial charge in [0, 0.05) is 23.9 Å². The first-order valence-electron chi connectivity index (χ1n) is 13.3. The van der Waals surface area contributed by atoms with Gasteiger partial charge >= 0.3 is 12.5 Å². The zero-order valence-electron chi connectivity index (χ0n) is 23.0. The molecule has 0 radical (unpaired) electrons. The minimum atomic E-state index is -4.57. The van der Waals surface area contributed by atoms with Crippen LogP contribution >= 0.6 is 0 Å². The van der Waals surface area contributed by atoms with Crippen LogP contribution in [-0.4, -0.2) is 53.3 Å². The molecule has 0 bridgehead atoms. The molecule has 3 aromatic rings. The fourth-order valence-corrected chi connectivity index (χ4v) is 5.07. The lowest BCUT2D eigenvalue weighted by atomic mass is 9.63. The van der Waals surface area contributed by atoms with E-state index < -0.39 is 12.5 Å². The molecule has 12 heteroatoms. The summed E-state index contributed by atoms with van der Waals surface area (Å²) in [6.07, 6.45) is -3.01. The number of alkyl halides is 4. The maximum Gasteiger partial charge on any atom is 0.461 e. The highest BCUT2D eigenvalue weighted by molar-refractivity contribution is 5.92. The first kappa shape index (κ1) is 30.3. The van der Waals surface area contributed by atoms with Gasteiger partial charge < -0.3 is 19.0 Å². The van der Waals surface area contributed by atoms with Gasteiger partial charge in [-0.05, 0) is 49.1 Å². The molecule has 0 saturated heterocycles. The Balaban J connectivity index is 1.43. The molecule has 1 fully saturated rings. The molecule has 0 aliphatic heterocycles. The first-order chi connectivity index (χ1) is 19.7. The van der Waals surface area contributed by atoms with Gasteiger partial charge in [-0.15, -0.1) is 0 Å². The molecule has 0 unspecified atom stereocenters. The zero-order valence-corrected chi connectivity index (χ0v) is 23.0. The quantitative estimate of drug-likeness (QED) is 0.128. The van der Waals surface area contributed by atoms with Crippen molar-refractivity contribution in [3.63, 3.8) is 0 Å². The minimum absolute atomic E-state index is 0.0190. The Morgan fingerprint density at radius 3 is 2.49 bits per heavy atom. The predicted molar refractivity (Wildman–Crippen MR) is 143 cm³/mol. The van der Waals surface area contributed by atoms with Crippen molar-refractivity contribution in [3.05, 3.63) is 72.8 Å². The van der Waals surface area contributed by atoms with Crippen molar-refractivity contribution in [1.29, 1.82) is 0 Å². The van der Waals surface area contributed by atoms with Crippen LogP contribution in [0.2, 0.25) is 0 Å². The van der Waals surface area contributed by atoms with Crippen molar-refractivity contribution < 1.29 is 36.6 Å². The summed E-state index contributed by atoms with van der Waals surface area (Å²) in [5.41, 5.74) is 1.70. The molecule has 3 atom stereocenters. The van der Waals surface area contributed by atoms with E-state index in [0.29, 0.717) is 32.1 Å². The number of oxime groups is 1. The average Bonchev–Trinajstić information content (AvgIpc) is 3.47. The van der Waals surface area contributed by atoms with Crippen LogP contribution in [0.15, 0.2) is 72.4 Å². The van der Waals surface area contributed by atoms with Gasteiger partial charge in [-0.1, -0.05) is 42.4 Å². The van der Waals surface area contributed by atoms with Gasteiger partial charge in [0.2, 0.25) is 0 Å². The second-order valence-corrected chi connectivity index (χ2v) is 10.3. The monoisotopic (exact) mass is 578 g/mol. The van der Waals surface area contributed by atoms with Gasteiger partial charge in [-0.25, -0.2) is 4.98 Å². The lowest BCUT2D eigenvalue weighted by Crippen LogP contribution is -2.46. The van der Waals surface area contributed by atoms with E-state index in [0.717, 1.165) is 30.5 Å². The van der Waals surface area contributed by atoms with E-state index in [4.69, 9.17) is 14.3 Å². The summed E-state index contributed by atoms with van der Waals surface area (Å²) in [5, 5.41) is 8.78. The summed E-state index contributed by atoms with van der Waals surface area (Å²) in [5.74, 6) is -0.0726. The van der Waals surface area contributed by atoms with E-state index in [9.17, 15) is 17.6 Å². The van der Waals surface area contributed by atoms with Gasteiger partial charge in [0.15, 0.2) is 0 Å². The molecule has 222 valence electrons. The largest absolute Gasteiger partial charge is 0.493 e. The van der Waals surface area contributed by atoms with Gasteiger partial charge in [0.25, 0.3) is 0 Å². The number of rotatable bonds is 14. The molecule has 1 aliphatic carbocycles. The molecule has 0 N–H and O–H groups in total. The number of aromatic nitrogens is 3. The summed E-state index contributed by atoms with van der Waals surface area (Å²) in [4.78, 5) is 9.38. The predicted octanol–water partition coefficient (Wildman–Crippen LogP) is 6.24. The van der Waals surface area contributed by atoms with Crippen LogP contribution < -0.4 is 9.47 Å². The molecule has 8 nitrogen and oxygen atoms in total. The Kier molecular flexibility index (Phi) is 10.2. The maximum atomic E-state index is 13.2. The Morgan fingerprint density at radius 1 is 1.10 bits per heavy atom. The zero-order chi connectivity index (χ0) is 29.3. The fraction of sp³-hybridized carbons (Fsp3) is 0.483. The molecule has 1 aromatic heterocycles. The van der Waals surface area contributed by atoms with E-state index in [1.165, 1.54) is 37.7 Å². The third kappa shape index (κ3) is 8.18. The normalized spacial score (nSPS) is 22.2. The van der Waals surface area contributed by atoms with Crippen LogP contribution in [0.1, 0.15) is 31.7 Å². The summed E-state index contributed by atoms with van der Waals surface area (Å²) in [7, 11) is 1.52. The molecule has 4 rings (SSSR count). The first-order valence-corrected chi connectivity index (χ1v) is 13.3. The van der Waals surface area contributed by atoms with Crippen molar-refractivity contribution in [3.8, 4) is 11.5 Å².